The predicted molar refractivity (Wildman–Crippen MR) is 52.7 cm³/mol. The SMILES string of the molecule is NC(=O)c1ccc(Br)c(C(F)(F)F)c1Cl. The van der Waals surface area contributed by atoms with E-state index in [2.05, 4.69) is 15.9 Å². The number of benzene rings is 1. The Balaban J connectivity index is 3.51. The fourth-order valence-electron chi connectivity index (χ4n) is 1.00. The second kappa shape index (κ2) is 4.02. The van der Waals surface area contributed by atoms with Crippen molar-refractivity contribution in [1.82, 2.24) is 0 Å². The molecule has 0 aromatic heterocycles. The highest BCUT2D eigenvalue weighted by atomic mass is 79.9. The molecule has 0 atom stereocenters. The van der Waals surface area contributed by atoms with Gasteiger partial charge in [-0.05, 0) is 12.1 Å². The van der Waals surface area contributed by atoms with Crippen LogP contribution in [-0.4, -0.2) is 5.91 Å². The van der Waals surface area contributed by atoms with E-state index in [1.54, 1.807) is 0 Å². The summed E-state index contributed by atoms with van der Waals surface area (Å²) in [7, 11) is 0. The highest BCUT2D eigenvalue weighted by Crippen LogP contribution is 2.40. The van der Waals surface area contributed by atoms with Gasteiger partial charge in [0.1, 0.15) is 0 Å². The van der Waals surface area contributed by atoms with Gasteiger partial charge in [-0.25, -0.2) is 0 Å². The molecule has 0 saturated carbocycles. The number of hydrogen-bond donors (Lipinski definition) is 1. The van der Waals surface area contributed by atoms with E-state index in [1.165, 1.54) is 0 Å². The molecule has 0 fully saturated rings. The van der Waals surface area contributed by atoms with Crippen molar-refractivity contribution in [3.63, 3.8) is 0 Å². The van der Waals surface area contributed by atoms with Crippen molar-refractivity contribution >= 4 is 33.4 Å². The minimum atomic E-state index is -4.64. The molecule has 1 aromatic rings. The minimum absolute atomic E-state index is 0.231. The van der Waals surface area contributed by atoms with Crippen molar-refractivity contribution in [3.8, 4) is 0 Å². The molecule has 0 bridgehead atoms. The van der Waals surface area contributed by atoms with Crippen LogP contribution in [0.1, 0.15) is 15.9 Å². The van der Waals surface area contributed by atoms with Gasteiger partial charge in [-0.2, -0.15) is 13.2 Å². The number of rotatable bonds is 1. The molecule has 2 N–H and O–H groups in total. The van der Waals surface area contributed by atoms with E-state index in [-0.39, 0.29) is 10.0 Å². The normalized spacial score (nSPS) is 11.5. The Morgan fingerprint density at radius 2 is 1.93 bits per heavy atom. The third kappa shape index (κ3) is 2.43. The van der Waals surface area contributed by atoms with Gasteiger partial charge in [-0.15, -0.1) is 0 Å². The number of alkyl halides is 3. The Morgan fingerprint density at radius 3 is 2.33 bits per heavy atom. The predicted octanol–water partition coefficient (Wildman–Crippen LogP) is 3.22. The summed E-state index contributed by atoms with van der Waals surface area (Å²) < 4.78 is 37.2. The lowest BCUT2D eigenvalue weighted by Crippen LogP contribution is -2.15. The maximum Gasteiger partial charge on any atom is 0.418 e. The lowest BCUT2D eigenvalue weighted by Gasteiger charge is -2.12. The second-order valence-electron chi connectivity index (χ2n) is 2.65. The Labute approximate surface area is 96.3 Å². The van der Waals surface area contributed by atoms with Gasteiger partial charge < -0.3 is 5.73 Å². The summed E-state index contributed by atoms with van der Waals surface area (Å²) in [5, 5.41) is -0.690. The Bertz CT molecular complexity index is 419. The topological polar surface area (TPSA) is 43.1 Å². The van der Waals surface area contributed by atoms with Gasteiger partial charge in [-0.3, -0.25) is 4.79 Å². The van der Waals surface area contributed by atoms with Gasteiger partial charge in [0.05, 0.1) is 16.1 Å². The Morgan fingerprint density at radius 1 is 1.40 bits per heavy atom. The summed E-state index contributed by atoms with van der Waals surface area (Å²) in [4.78, 5) is 10.8. The second-order valence-corrected chi connectivity index (χ2v) is 3.88. The molecule has 0 saturated heterocycles. The molecule has 0 radical (unpaired) electrons. The molecule has 1 amide bonds. The molecule has 1 aromatic carbocycles. The third-order valence-electron chi connectivity index (χ3n) is 1.64. The Kier molecular flexibility index (Phi) is 3.30. The van der Waals surface area contributed by atoms with E-state index in [4.69, 9.17) is 17.3 Å². The highest BCUT2D eigenvalue weighted by molar-refractivity contribution is 9.10. The summed E-state index contributed by atoms with van der Waals surface area (Å²) in [5.41, 5.74) is 3.42. The first kappa shape index (κ1) is 12.3. The Hall–Kier alpha value is -0.750. The number of carbonyl (C=O) groups excluding carboxylic acids is 1. The summed E-state index contributed by atoms with van der Waals surface area (Å²) in [6, 6.07) is 2.21. The van der Waals surface area contributed by atoms with E-state index in [0.717, 1.165) is 12.1 Å². The number of carbonyl (C=O) groups is 1. The van der Waals surface area contributed by atoms with Gasteiger partial charge in [0, 0.05) is 4.47 Å². The molecule has 1 rings (SSSR count). The van der Waals surface area contributed by atoms with E-state index in [0.29, 0.717) is 0 Å². The zero-order chi connectivity index (χ0) is 11.8. The van der Waals surface area contributed by atoms with Gasteiger partial charge in [-0.1, -0.05) is 27.5 Å². The summed E-state index contributed by atoms with van der Waals surface area (Å²) in [5.74, 6) is -1.00. The smallest absolute Gasteiger partial charge is 0.366 e. The third-order valence-corrected chi connectivity index (χ3v) is 2.69. The number of halogens is 5. The maximum atomic E-state index is 12.5. The fraction of sp³-hybridized carbons (Fsp3) is 0.125. The standard InChI is InChI=1S/C8H4BrClF3NO/c9-4-2-1-3(7(14)15)6(10)5(4)8(11,12)13/h1-2H,(H2,14,15). The van der Waals surface area contributed by atoms with Gasteiger partial charge in [0.15, 0.2) is 0 Å². The van der Waals surface area contributed by atoms with Crippen LogP contribution in [-0.2, 0) is 6.18 Å². The van der Waals surface area contributed by atoms with E-state index in [9.17, 15) is 18.0 Å². The van der Waals surface area contributed by atoms with Crippen molar-refractivity contribution in [3.05, 3.63) is 32.8 Å². The molecule has 15 heavy (non-hydrogen) atoms. The van der Waals surface area contributed by atoms with Crippen LogP contribution in [0.4, 0.5) is 13.2 Å². The molecule has 82 valence electrons. The number of nitrogens with two attached hydrogens (primary N) is 1. The van der Waals surface area contributed by atoms with Gasteiger partial charge in [0.2, 0.25) is 5.91 Å². The zero-order valence-electron chi connectivity index (χ0n) is 7.03. The van der Waals surface area contributed by atoms with Crippen molar-refractivity contribution in [1.29, 1.82) is 0 Å². The van der Waals surface area contributed by atoms with Crippen LogP contribution in [0, 0.1) is 0 Å². The fourth-order valence-corrected chi connectivity index (χ4v) is 2.04. The maximum absolute atomic E-state index is 12.5. The summed E-state index contributed by atoms with van der Waals surface area (Å²) in [6.45, 7) is 0. The van der Waals surface area contributed by atoms with E-state index in [1.807, 2.05) is 0 Å². The van der Waals surface area contributed by atoms with Crippen LogP contribution in [0.25, 0.3) is 0 Å². The van der Waals surface area contributed by atoms with Crippen molar-refractivity contribution < 1.29 is 18.0 Å². The van der Waals surface area contributed by atoms with E-state index < -0.39 is 22.7 Å². The average Bonchev–Trinajstić information content (AvgIpc) is 2.00. The van der Waals surface area contributed by atoms with Crippen molar-refractivity contribution in [2.75, 3.05) is 0 Å². The molecule has 0 unspecified atom stereocenters. The van der Waals surface area contributed by atoms with Gasteiger partial charge in [0.25, 0.3) is 0 Å². The molecular formula is C8H4BrClF3NO. The molecule has 0 aliphatic carbocycles. The average molecular weight is 302 g/mol. The molecular weight excluding hydrogens is 298 g/mol. The van der Waals surface area contributed by atoms with Crippen molar-refractivity contribution in [2.45, 2.75) is 6.18 Å². The number of hydrogen-bond acceptors (Lipinski definition) is 1. The molecule has 0 aliphatic heterocycles. The lowest BCUT2D eigenvalue weighted by atomic mass is 10.1. The molecule has 0 aliphatic rings. The van der Waals surface area contributed by atoms with Crippen LogP contribution >= 0.6 is 27.5 Å². The van der Waals surface area contributed by atoms with Crippen LogP contribution < -0.4 is 5.73 Å². The van der Waals surface area contributed by atoms with Gasteiger partial charge >= 0.3 is 6.18 Å². The van der Waals surface area contributed by atoms with Crippen LogP contribution in [0.3, 0.4) is 0 Å². The lowest BCUT2D eigenvalue weighted by molar-refractivity contribution is -0.138. The first-order valence-corrected chi connectivity index (χ1v) is 4.77. The molecule has 7 heteroatoms. The van der Waals surface area contributed by atoms with Crippen molar-refractivity contribution in [2.24, 2.45) is 5.73 Å². The van der Waals surface area contributed by atoms with Crippen LogP contribution in [0.5, 0.6) is 0 Å². The zero-order valence-corrected chi connectivity index (χ0v) is 9.37. The minimum Gasteiger partial charge on any atom is -0.366 e. The quantitative estimate of drug-likeness (QED) is 0.850. The number of amides is 1. The summed E-state index contributed by atoms with van der Waals surface area (Å²) in [6.07, 6.45) is -4.64. The summed E-state index contributed by atoms with van der Waals surface area (Å²) >= 11 is 8.15. The van der Waals surface area contributed by atoms with Crippen LogP contribution in [0.15, 0.2) is 16.6 Å². The highest BCUT2D eigenvalue weighted by Gasteiger charge is 2.37. The van der Waals surface area contributed by atoms with Crippen LogP contribution in [0.2, 0.25) is 5.02 Å². The van der Waals surface area contributed by atoms with E-state index >= 15 is 0 Å². The monoisotopic (exact) mass is 301 g/mol. The molecule has 0 heterocycles. The number of primary amides is 1. The first-order valence-electron chi connectivity index (χ1n) is 3.60. The largest absolute Gasteiger partial charge is 0.418 e. The first-order chi connectivity index (χ1) is 6.75. The molecule has 0 spiro atoms. The molecule has 2 nitrogen and oxygen atoms in total.